The highest BCUT2D eigenvalue weighted by molar-refractivity contribution is 5.34. The monoisotopic (exact) mass is 236 g/mol. The lowest BCUT2D eigenvalue weighted by Gasteiger charge is -2.21. The van der Waals surface area contributed by atoms with Gasteiger partial charge in [-0.05, 0) is 12.3 Å². The van der Waals surface area contributed by atoms with E-state index in [0.717, 1.165) is 37.3 Å². The predicted molar refractivity (Wildman–Crippen MR) is 71.9 cm³/mol. The number of hydrogen-bond donors (Lipinski definition) is 2. The van der Waals surface area contributed by atoms with Crippen LogP contribution in [0.1, 0.15) is 39.3 Å². The first kappa shape index (κ1) is 13.9. The predicted octanol–water partition coefficient (Wildman–Crippen LogP) is 2.21. The third-order valence-electron chi connectivity index (χ3n) is 3.26. The second-order valence-corrected chi connectivity index (χ2v) is 4.37. The summed E-state index contributed by atoms with van der Waals surface area (Å²) in [5.74, 6) is 1.45. The summed E-state index contributed by atoms with van der Waals surface area (Å²) in [7, 11) is 0. The summed E-state index contributed by atoms with van der Waals surface area (Å²) in [6, 6.07) is 2.17. The van der Waals surface area contributed by atoms with Crippen LogP contribution in [0.15, 0.2) is 12.4 Å². The largest absolute Gasteiger partial charge is 0.368 e. The third kappa shape index (κ3) is 4.30. The molecule has 1 aromatic heterocycles. The Bertz CT molecular complexity index is 323. The van der Waals surface area contributed by atoms with Gasteiger partial charge in [0.25, 0.3) is 0 Å². The van der Waals surface area contributed by atoms with E-state index in [1.165, 1.54) is 0 Å². The molecule has 0 aromatic carbocycles. The molecule has 1 rings (SSSR count). The highest BCUT2D eigenvalue weighted by atomic mass is 15.0. The molecule has 1 aromatic rings. The van der Waals surface area contributed by atoms with Gasteiger partial charge in [0.15, 0.2) is 0 Å². The lowest BCUT2D eigenvalue weighted by atomic mass is 9.95. The molecule has 0 aliphatic rings. The van der Waals surface area contributed by atoms with E-state index < -0.39 is 0 Å². The second kappa shape index (κ2) is 7.22. The van der Waals surface area contributed by atoms with E-state index in [2.05, 4.69) is 36.1 Å². The molecule has 0 aliphatic carbocycles. The number of rotatable bonds is 7. The number of nitrogens with two attached hydrogens (primary N) is 1. The fourth-order valence-electron chi connectivity index (χ4n) is 1.97. The lowest BCUT2D eigenvalue weighted by Crippen LogP contribution is -2.36. The first-order chi connectivity index (χ1) is 8.21. The highest BCUT2D eigenvalue weighted by Gasteiger charge is 2.13. The van der Waals surface area contributed by atoms with Crippen molar-refractivity contribution in [2.75, 3.05) is 11.9 Å². The van der Waals surface area contributed by atoms with Crippen LogP contribution in [0.5, 0.6) is 0 Å². The van der Waals surface area contributed by atoms with Crippen molar-refractivity contribution in [3.63, 3.8) is 0 Å². The van der Waals surface area contributed by atoms with Crippen LogP contribution in [0.4, 0.5) is 5.82 Å². The summed E-state index contributed by atoms with van der Waals surface area (Å²) < 4.78 is 0. The maximum Gasteiger partial charge on any atom is 0.129 e. The molecule has 4 nitrogen and oxygen atoms in total. The zero-order valence-electron chi connectivity index (χ0n) is 11.1. The average molecular weight is 236 g/mol. The van der Waals surface area contributed by atoms with Crippen LogP contribution < -0.4 is 11.1 Å². The van der Waals surface area contributed by atoms with Gasteiger partial charge in [-0.3, -0.25) is 0 Å². The first-order valence-corrected chi connectivity index (χ1v) is 6.51. The Morgan fingerprint density at radius 2 is 1.94 bits per heavy atom. The molecular weight excluding hydrogens is 212 g/mol. The molecule has 0 radical (unpaired) electrons. The van der Waals surface area contributed by atoms with Gasteiger partial charge in [-0.1, -0.05) is 33.6 Å². The average Bonchev–Trinajstić information content (AvgIpc) is 2.38. The Kier molecular flexibility index (Phi) is 5.91. The molecule has 0 saturated heterocycles. The zero-order valence-corrected chi connectivity index (χ0v) is 11.1. The molecule has 0 bridgehead atoms. The van der Waals surface area contributed by atoms with Crippen molar-refractivity contribution >= 4 is 5.82 Å². The molecule has 4 heteroatoms. The van der Waals surface area contributed by atoms with E-state index in [-0.39, 0.29) is 6.04 Å². The van der Waals surface area contributed by atoms with Crippen molar-refractivity contribution in [2.45, 2.75) is 46.1 Å². The smallest absolute Gasteiger partial charge is 0.129 e. The molecule has 0 aliphatic heterocycles. The summed E-state index contributed by atoms with van der Waals surface area (Å²) in [6.45, 7) is 7.23. The Morgan fingerprint density at radius 1 is 1.24 bits per heavy atom. The van der Waals surface area contributed by atoms with Crippen LogP contribution in [-0.4, -0.2) is 22.6 Å². The molecule has 0 spiro atoms. The van der Waals surface area contributed by atoms with Crippen molar-refractivity contribution in [3.8, 4) is 0 Å². The fraction of sp³-hybridized carbons (Fsp3) is 0.692. The van der Waals surface area contributed by atoms with Crippen molar-refractivity contribution in [3.05, 3.63) is 18.1 Å². The lowest BCUT2D eigenvalue weighted by molar-refractivity contribution is 0.407. The standard InChI is InChI=1S/C13H24N4/c1-4-10(5-2)12(14)8-15-13-7-11(6-3)16-9-17-13/h7,9-10,12H,4-6,8,14H2,1-3H3,(H,15,16,17). The fourth-order valence-corrected chi connectivity index (χ4v) is 1.97. The minimum atomic E-state index is 0.185. The normalized spacial score (nSPS) is 12.8. The molecule has 0 amide bonds. The van der Waals surface area contributed by atoms with Crippen LogP contribution in [0.3, 0.4) is 0 Å². The van der Waals surface area contributed by atoms with Gasteiger partial charge in [0.05, 0.1) is 0 Å². The third-order valence-corrected chi connectivity index (χ3v) is 3.26. The molecule has 1 unspecified atom stereocenters. The van der Waals surface area contributed by atoms with Crippen molar-refractivity contribution < 1.29 is 0 Å². The van der Waals surface area contributed by atoms with Crippen molar-refractivity contribution in [2.24, 2.45) is 11.7 Å². The van der Waals surface area contributed by atoms with E-state index >= 15 is 0 Å². The molecule has 1 atom stereocenters. The number of nitrogens with one attached hydrogen (secondary N) is 1. The quantitative estimate of drug-likeness (QED) is 0.762. The second-order valence-electron chi connectivity index (χ2n) is 4.37. The Hall–Kier alpha value is -1.16. The summed E-state index contributed by atoms with van der Waals surface area (Å²) in [4.78, 5) is 8.36. The minimum Gasteiger partial charge on any atom is -0.368 e. The minimum absolute atomic E-state index is 0.185. The van der Waals surface area contributed by atoms with Gasteiger partial charge in [-0.25, -0.2) is 9.97 Å². The molecule has 0 fully saturated rings. The van der Waals surface area contributed by atoms with Gasteiger partial charge in [-0.2, -0.15) is 0 Å². The van der Waals surface area contributed by atoms with Gasteiger partial charge in [0, 0.05) is 24.3 Å². The summed E-state index contributed by atoms with van der Waals surface area (Å²) in [5, 5.41) is 3.29. The Morgan fingerprint density at radius 3 is 2.53 bits per heavy atom. The zero-order chi connectivity index (χ0) is 12.7. The number of aromatic nitrogens is 2. The van der Waals surface area contributed by atoms with Gasteiger partial charge >= 0.3 is 0 Å². The van der Waals surface area contributed by atoms with Crippen LogP contribution >= 0.6 is 0 Å². The topological polar surface area (TPSA) is 63.8 Å². The van der Waals surface area contributed by atoms with Gasteiger partial charge < -0.3 is 11.1 Å². The Labute approximate surface area is 104 Å². The SMILES string of the molecule is CCc1cc(NCC(N)C(CC)CC)ncn1. The maximum atomic E-state index is 6.15. The summed E-state index contributed by atoms with van der Waals surface area (Å²) in [5.41, 5.74) is 7.21. The number of nitrogens with zero attached hydrogens (tertiary/aromatic N) is 2. The molecular formula is C13H24N4. The molecule has 1 heterocycles. The van der Waals surface area contributed by atoms with Gasteiger partial charge in [-0.15, -0.1) is 0 Å². The van der Waals surface area contributed by atoms with E-state index in [1.807, 2.05) is 6.07 Å². The van der Waals surface area contributed by atoms with E-state index in [4.69, 9.17) is 5.73 Å². The van der Waals surface area contributed by atoms with E-state index in [1.54, 1.807) is 6.33 Å². The van der Waals surface area contributed by atoms with Crippen LogP contribution in [0.2, 0.25) is 0 Å². The van der Waals surface area contributed by atoms with Crippen LogP contribution in [0.25, 0.3) is 0 Å². The molecule has 17 heavy (non-hydrogen) atoms. The number of anilines is 1. The van der Waals surface area contributed by atoms with Gasteiger partial charge in [0.1, 0.15) is 12.1 Å². The van der Waals surface area contributed by atoms with Crippen molar-refractivity contribution in [1.82, 2.24) is 9.97 Å². The molecule has 0 saturated carbocycles. The van der Waals surface area contributed by atoms with E-state index in [9.17, 15) is 0 Å². The maximum absolute atomic E-state index is 6.15. The van der Waals surface area contributed by atoms with Crippen LogP contribution in [-0.2, 0) is 6.42 Å². The Balaban J connectivity index is 2.49. The number of hydrogen-bond acceptors (Lipinski definition) is 4. The highest BCUT2D eigenvalue weighted by Crippen LogP contribution is 2.12. The first-order valence-electron chi connectivity index (χ1n) is 6.51. The van der Waals surface area contributed by atoms with Gasteiger partial charge in [0.2, 0.25) is 0 Å². The summed E-state index contributed by atoms with van der Waals surface area (Å²) >= 11 is 0. The van der Waals surface area contributed by atoms with E-state index in [0.29, 0.717) is 5.92 Å². The summed E-state index contributed by atoms with van der Waals surface area (Å²) in [6.07, 6.45) is 4.78. The molecule has 3 N–H and O–H groups in total. The number of aryl methyl sites for hydroxylation is 1. The molecule has 96 valence electrons. The van der Waals surface area contributed by atoms with Crippen LogP contribution in [0, 0.1) is 5.92 Å². The van der Waals surface area contributed by atoms with Crippen molar-refractivity contribution in [1.29, 1.82) is 0 Å².